The van der Waals surface area contributed by atoms with Crippen LogP contribution < -0.4 is 5.56 Å². The Morgan fingerprint density at radius 2 is 1.90 bits per heavy atom. The molecule has 0 amide bonds. The number of rotatable bonds is 1. The highest BCUT2D eigenvalue weighted by Crippen LogP contribution is 2.28. The van der Waals surface area contributed by atoms with Gasteiger partial charge in [-0.15, -0.1) is 0 Å². The first-order valence-corrected chi connectivity index (χ1v) is 6.24. The lowest BCUT2D eigenvalue weighted by atomic mass is 10.1. The maximum atomic E-state index is 12.2. The van der Waals surface area contributed by atoms with Crippen molar-refractivity contribution in [3.05, 3.63) is 59.1 Å². The van der Waals surface area contributed by atoms with Crippen molar-refractivity contribution in [3.8, 4) is 22.6 Å². The summed E-state index contributed by atoms with van der Waals surface area (Å²) in [6.07, 6.45) is 3.38. The molecule has 5 heteroatoms. The van der Waals surface area contributed by atoms with Crippen molar-refractivity contribution >= 4 is 11.0 Å². The molecule has 96 valence electrons. The first-order chi connectivity index (χ1) is 9.83. The number of hydrogen-bond donors (Lipinski definition) is 2. The lowest BCUT2D eigenvalue weighted by Gasteiger charge is -1.94. The second-order valence-electron chi connectivity index (χ2n) is 4.55. The number of imidazole rings is 1. The van der Waals surface area contributed by atoms with Crippen LogP contribution >= 0.6 is 0 Å². The first-order valence-electron chi connectivity index (χ1n) is 6.24. The van der Waals surface area contributed by atoms with E-state index in [2.05, 4.69) is 19.9 Å². The third kappa shape index (κ3) is 1.53. The van der Waals surface area contributed by atoms with Crippen LogP contribution in [0.3, 0.4) is 0 Å². The van der Waals surface area contributed by atoms with E-state index in [1.54, 1.807) is 12.4 Å². The molecule has 4 rings (SSSR count). The molecule has 0 radical (unpaired) electrons. The Bertz CT molecular complexity index is 905. The van der Waals surface area contributed by atoms with E-state index >= 15 is 0 Å². The van der Waals surface area contributed by atoms with Crippen LogP contribution in [0.2, 0.25) is 0 Å². The van der Waals surface area contributed by atoms with Crippen molar-refractivity contribution in [2.75, 3.05) is 0 Å². The highest BCUT2D eigenvalue weighted by atomic mass is 16.1. The minimum Gasteiger partial charge on any atom is -0.336 e. The predicted molar refractivity (Wildman–Crippen MR) is 76.6 cm³/mol. The van der Waals surface area contributed by atoms with E-state index in [4.69, 9.17) is 0 Å². The van der Waals surface area contributed by atoms with Crippen LogP contribution in [-0.4, -0.2) is 19.9 Å². The summed E-state index contributed by atoms with van der Waals surface area (Å²) in [5.41, 5.74) is 3.69. The van der Waals surface area contributed by atoms with E-state index in [-0.39, 0.29) is 5.56 Å². The Labute approximate surface area is 113 Å². The molecule has 2 aromatic heterocycles. The Kier molecular flexibility index (Phi) is 2.20. The van der Waals surface area contributed by atoms with Gasteiger partial charge in [-0.2, -0.15) is 0 Å². The van der Waals surface area contributed by atoms with Gasteiger partial charge >= 0.3 is 0 Å². The molecule has 20 heavy (non-hydrogen) atoms. The number of fused-ring (bicyclic) bond motifs is 2. The summed E-state index contributed by atoms with van der Waals surface area (Å²) in [5.74, 6) is 0.565. The number of pyridine rings is 1. The van der Waals surface area contributed by atoms with Crippen LogP contribution in [0.1, 0.15) is 0 Å². The molecule has 0 unspecified atom stereocenters. The van der Waals surface area contributed by atoms with E-state index < -0.39 is 0 Å². The molecule has 2 N–H and O–H groups in total. The van der Waals surface area contributed by atoms with Gasteiger partial charge in [-0.3, -0.25) is 9.78 Å². The van der Waals surface area contributed by atoms with Crippen LogP contribution in [0.5, 0.6) is 0 Å². The number of hydrogen-bond acceptors (Lipinski definition) is 3. The molecule has 0 saturated carbocycles. The van der Waals surface area contributed by atoms with Crippen molar-refractivity contribution in [2.45, 2.75) is 0 Å². The molecule has 3 heterocycles. The first kappa shape index (κ1) is 10.9. The van der Waals surface area contributed by atoms with Gasteiger partial charge in [0.15, 0.2) is 0 Å². The second-order valence-corrected chi connectivity index (χ2v) is 4.55. The van der Waals surface area contributed by atoms with E-state index in [9.17, 15) is 4.79 Å². The van der Waals surface area contributed by atoms with Crippen molar-refractivity contribution in [1.82, 2.24) is 19.9 Å². The van der Waals surface area contributed by atoms with Crippen LogP contribution in [0.25, 0.3) is 33.7 Å². The van der Waals surface area contributed by atoms with Crippen LogP contribution in [-0.2, 0) is 0 Å². The zero-order chi connectivity index (χ0) is 13.5. The van der Waals surface area contributed by atoms with E-state index in [0.29, 0.717) is 11.4 Å². The summed E-state index contributed by atoms with van der Waals surface area (Å²) in [6, 6.07) is 11.3. The fourth-order valence-corrected chi connectivity index (χ4v) is 2.39. The van der Waals surface area contributed by atoms with Gasteiger partial charge in [-0.25, -0.2) is 4.98 Å². The van der Waals surface area contributed by atoms with Crippen LogP contribution in [0.4, 0.5) is 0 Å². The minimum atomic E-state index is -0.141. The summed E-state index contributed by atoms with van der Waals surface area (Å²) < 4.78 is 0. The summed E-state index contributed by atoms with van der Waals surface area (Å²) in [5, 5.41) is 0. The van der Waals surface area contributed by atoms with Crippen LogP contribution in [0.15, 0.2) is 53.6 Å². The Balaban J connectivity index is 2.04. The Hall–Kier alpha value is -2.95. The van der Waals surface area contributed by atoms with E-state index in [1.165, 1.54) is 0 Å². The van der Waals surface area contributed by atoms with Gasteiger partial charge in [0.1, 0.15) is 5.82 Å². The van der Waals surface area contributed by atoms with Gasteiger partial charge in [0.2, 0.25) is 0 Å². The molecule has 2 aromatic rings. The fraction of sp³-hybridized carbons (Fsp3) is 0. The predicted octanol–water partition coefficient (Wildman–Crippen LogP) is 2.42. The maximum Gasteiger partial charge on any atom is 0.260 e. The molecule has 0 atom stereocenters. The van der Waals surface area contributed by atoms with Crippen molar-refractivity contribution in [2.24, 2.45) is 0 Å². The van der Waals surface area contributed by atoms with E-state index in [1.807, 2.05) is 36.4 Å². The third-order valence-corrected chi connectivity index (χ3v) is 3.30. The summed E-state index contributed by atoms with van der Waals surface area (Å²) >= 11 is 0. The lowest BCUT2D eigenvalue weighted by Crippen LogP contribution is -2.01. The molecule has 0 bridgehead atoms. The number of aromatic nitrogens is 4. The molecule has 1 aliphatic heterocycles. The highest BCUT2D eigenvalue weighted by molar-refractivity contribution is 5.85. The van der Waals surface area contributed by atoms with Gasteiger partial charge in [-0.1, -0.05) is 24.3 Å². The van der Waals surface area contributed by atoms with Crippen molar-refractivity contribution < 1.29 is 0 Å². The summed E-state index contributed by atoms with van der Waals surface area (Å²) in [6.45, 7) is 0. The molecule has 2 aliphatic rings. The monoisotopic (exact) mass is 262 g/mol. The second kappa shape index (κ2) is 4.03. The zero-order valence-electron chi connectivity index (χ0n) is 10.4. The highest BCUT2D eigenvalue weighted by Gasteiger charge is 2.18. The fourth-order valence-electron chi connectivity index (χ4n) is 2.39. The molecular formula is C15H10N4O. The SMILES string of the molecule is O=c1[nH]c2cccccc-2c1-c1nc2ccncc2[nH]1. The maximum absolute atomic E-state index is 12.2. The third-order valence-electron chi connectivity index (χ3n) is 3.30. The van der Waals surface area contributed by atoms with Crippen molar-refractivity contribution in [3.63, 3.8) is 0 Å². The number of nitrogens with zero attached hydrogens (tertiary/aromatic N) is 2. The quantitative estimate of drug-likeness (QED) is 0.553. The molecular weight excluding hydrogens is 252 g/mol. The van der Waals surface area contributed by atoms with Gasteiger partial charge in [-0.05, 0) is 12.1 Å². The zero-order valence-corrected chi connectivity index (χ0v) is 10.4. The summed E-state index contributed by atoms with van der Waals surface area (Å²) in [7, 11) is 0. The smallest absolute Gasteiger partial charge is 0.260 e. The minimum absolute atomic E-state index is 0.141. The normalized spacial score (nSPS) is 11.2. The summed E-state index contributed by atoms with van der Waals surface area (Å²) in [4.78, 5) is 26.7. The molecule has 1 aliphatic carbocycles. The molecule has 0 fully saturated rings. The Morgan fingerprint density at radius 1 is 1.00 bits per heavy atom. The van der Waals surface area contributed by atoms with Crippen LogP contribution in [0, 0.1) is 0 Å². The average Bonchev–Trinajstić information content (AvgIpc) is 2.92. The van der Waals surface area contributed by atoms with Crippen molar-refractivity contribution in [1.29, 1.82) is 0 Å². The van der Waals surface area contributed by atoms with Gasteiger partial charge in [0, 0.05) is 17.5 Å². The molecule has 0 aromatic carbocycles. The van der Waals surface area contributed by atoms with Gasteiger partial charge in [0.05, 0.1) is 22.8 Å². The molecule has 5 nitrogen and oxygen atoms in total. The topological polar surface area (TPSA) is 74.4 Å². The van der Waals surface area contributed by atoms with Gasteiger partial charge < -0.3 is 9.97 Å². The number of nitrogens with one attached hydrogen (secondary N) is 2. The number of H-pyrrole nitrogens is 2. The molecule has 0 spiro atoms. The Morgan fingerprint density at radius 3 is 2.80 bits per heavy atom. The van der Waals surface area contributed by atoms with Gasteiger partial charge in [0.25, 0.3) is 5.56 Å². The number of aromatic amines is 2. The lowest BCUT2D eigenvalue weighted by molar-refractivity contribution is 1.29. The standard InChI is InChI=1S/C15H10N4O/c20-15-13(9-4-2-1-3-5-10(9)19-15)14-17-11-6-7-16-8-12(11)18-14/h1-8H,(H,17,18)(H,19,20). The van der Waals surface area contributed by atoms with E-state index in [0.717, 1.165) is 22.3 Å². The molecule has 0 saturated heterocycles. The largest absolute Gasteiger partial charge is 0.336 e. The average molecular weight is 262 g/mol.